The van der Waals surface area contributed by atoms with Crippen molar-refractivity contribution >= 4 is 21.9 Å². The molecule has 0 unspecified atom stereocenters. The summed E-state index contributed by atoms with van der Waals surface area (Å²) >= 11 is 3.02. The Morgan fingerprint density at radius 1 is 1.53 bits per heavy atom. The molecule has 0 saturated heterocycles. The minimum Gasteiger partial charge on any atom is -0.475 e. The average Bonchev–Trinajstić information content (AvgIpc) is 2.64. The van der Waals surface area contributed by atoms with Gasteiger partial charge in [-0.3, -0.25) is 0 Å². The van der Waals surface area contributed by atoms with E-state index in [4.69, 9.17) is 9.52 Å². The molecule has 0 fully saturated rings. The fourth-order valence-corrected chi connectivity index (χ4v) is 1.59. The Kier molecular flexibility index (Phi) is 2.97. The Morgan fingerprint density at radius 2 is 2.24 bits per heavy atom. The molecule has 0 aliphatic rings. The molecule has 17 heavy (non-hydrogen) atoms. The Morgan fingerprint density at radius 3 is 2.76 bits per heavy atom. The summed E-state index contributed by atoms with van der Waals surface area (Å²) in [5.74, 6) is -1.80. The molecule has 0 aliphatic heterocycles. The number of hydrogen-bond acceptors (Lipinski definition) is 3. The highest BCUT2D eigenvalue weighted by atomic mass is 79.9. The lowest BCUT2D eigenvalue weighted by Crippen LogP contribution is -1.95. The fraction of sp³-hybridized carbons (Fsp3) is 0.0909. The van der Waals surface area contributed by atoms with E-state index in [2.05, 4.69) is 20.9 Å². The third-order valence-electron chi connectivity index (χ3n) is 2.16. The lowest BCUT2D eigenvalue weighted by molar-refractivity contribution is 0.0662. The van der Waals surface area contributed by atoms with E-state index < -0.39 is 11.8 Å². The second-order valence-corrected chi connectivity index (χ2v) is 4.22. The second-order valence-electron chi connectivity index (χ2n) is 3.37. The van der Waals surface area contributed by atoms with E-state index in [1.54, 1.807) is 6.07 Å². The van der Waals surface area contributed by atoms with Crippen LogP contribution in [-0.4, -0.2) is 16.1 Å². The van der Waals surface area contributed by atoms with Crippen molar-refractivity contribution in [2.24, 2.45) is 0 Å². The van der Waals surface area contributed by atoms with Gasteiger partial charge in [0.2, 0.25) is 11.7 Å². The largest absolute Gasteiger partial charge is 0.475 e. The van der Waals surface area contributed by atoms with Gasteiger partial charge in [0.15, 0.2) is 0 Å². The Hall–Kier alpha value is -1.69. The van der Waals surface area contributed by atoms with Crippen molar-refractivity contribution in [1.82, 2.24) is 4.98 Å². The number of oxazole rings is 1. The molecule has 0 saturated carbocycles. The van der Waals surface area contributed by atoms with Gasteiger partial charge in [-0.05, 0) is 41.1 Å². The van der Waals surface area contributed by atoms with Crippen LogP contribution in [0.25, 0.3) is 11.5 Å². The molecule has 1 aromatic heterocycles. The molecule has 0 spiro atoms. The number of aromatic nitrogens is 1. The van der Waals surface area contributed by atoms with Gasteiger partial charge in [0.05, 0.1) is 10.2 Å². The summed E-state index contributed by atoms with van der Waals surface area (Å²) in [6.45, 7) is 1.52. The zero-order valence-electron chi connectivity index (χ0n) is 8.70. The lowest BCUT2D eigenvalue weighted by Gasteiger charge is -1.97. The Bertz CT molecular complexity index is 594. The van der Waals surface area contributed by atoms with Crippen LogP contribution in [0.15, 0.2) is 27.1 Å². The summed E-state index contributed by atoms with van der Waals surface area (Å²) in [5.41, 5.74) is 0.650. The van der Waals surface area contributed by atoms with Crippen molar-refractivity contribution in [3.63, 3.8) is 0 Å². The molecular weight excluding hydrogens is 293 g/mol. The lowest BCUT2D eigenvalue weighted by atomic mass is 10.2. The van der Waals surface area contributed by atoms with E-state index in [-0.39, 0.29) is 17.3 Å². The number of carboxylic acid groups (broad SMARTS) is 1. The van der Waals surface area contributed by atoms with E-state index in [0.29, 0.717) is 10.0 Å². The molecule has 1 aromatic carbocycles. The van der Waals surface area contributed by atoms with Crippen LogP contribution in [0.2, 0.25) is 0 Å². The minimum absolute atomic E-state index is 0.0892. The highest BCUT2D eigenvalue weighted by Crippen LogP contribution is 2.25. The topological polar surface area (TPSA) is 63.3 Å². The van der Waals surface area contributed by atoms with E-state index in [1.165, 1.54) is 19.1 Å². The van der Waals surface area contributed by atoms with Gasteiger partial charge in [0.1, 0.15) is 5.82 Å². The predicted molar refractivity (Wildman–Crippen MR) is 61.3 cm³/mol. The third-order valence-corrected chi connectivity index (χ3v) is 2.80. The van der Waals surface area contributed by atoms with E-state index in [9.17, 15) is 9.18 Å². The number of nitrogens with zero attached hydrogens (tertiary/aromatic N) is 1. The monoisotopic (exact) mass is 299 g/mol. The van der Waals surface area contributed by atoms with Crippen LogP contribution < -0.4 is 0 Å². The number of carboxylic acids is 1. The maximum Gasteiger partial charge on any atom is 0.373 e. The van der Waals surface area contributed by atoms with Crippen molar-refractivity contribution in [2.45, 2.75) is 6.92 Å². The first-order valence-corrected chi connectivity index (χ1v) is 5.44. The number of rotatable bonds is 2. The van der Waals surface area contributed by atoms with Crippen molar-refractivity contribution in [1.29, 1.82) is 0 Å². The number of halogens is 2. The molecule has 0 amide bonds. The van der Waals surface area contributed by atoms with Crippen molar-refractivity contribution in [2.75, 3.05) is 0 Å². The second kappa shape index (κ2) is 4.29. The first-order chi connectivity index (χ1) is 7.99. The van der Waals surface area contributed by atoms with Crippen LogP contribution in [0, 0.1) is 12.7 Å². The van der Waals surface area contributed by atoms with Gasteiger partial charge in [-0.1, -0.05) is 0 Å². The highest BCUT2D eigenvalue weighted by Gasteiger charge is 2.17. The first-order valence-electron chi connectivity index (χ1n) is 4.65. The van der Waals surface area contributed by atoms with Crippen molar-refractivity contribution in [3.05, 3.63) is 39.9 Å². The predicted octanol–water partition coefficient (Wildman–Crippen LogP) is 3.25. The summed E-state index contributed by atoms with van der Waals surface area (Å²) in [4.78, 5) is 14.7. The molecule has 2 aromatic rings. The summed E-state index contributed by atoms with van der Waals surface area (Å²) in [7, 11) is 0. The first kappa shape index (κ1) is 11.8. The Balaban J connectivity index is 2.50. The van der Waals surface area contributed by atoms with Gasteiger partial charge in [0.25, 0.3) is 0 Å². The minimum atomic E-state index is -1.20. The highest BCUT2D eigenvalue weighted by molar-refractivity contribution is 9.10. The van der Waals surface area contributed by atoms with Gasteiger partial charge in [0, 0.05) is 5.56 Å². The zero-order valence-corrected chi connectivity index (χ0v) is 10.3. The summed E-state index contributed by atoms with van der Waals surface area (Å²) in [5, 5.41) is 8.81. The average molecular weight is 300 g/mol. The maximum atomic E-state index is 13.3. The Labute approximate surface area is 104 Å². The molecule has 4 nitrogen and oxygen atoms in total. The summed E-state index contributed by atoms with van der Waals surface area (Å²) in [6, 6.07) is 4.32. The van der Waals surface area contributed by atoms with Crippen LogP contribution in [0.1, 0.15) is 16.2 Å². The van der Waals surface area contributed by atoms with Gasteiger partial charge < -0.3 is 9.52 Å². The number of hydrogen-bond donors (Lipinski definition) is 1. The molecular formula is C11H7BrFNO3. The molecule has 88 valence electrons. The summed E-state index contributed by atoms with van der Waals surface area (Å²) < 4.78 is 18.7. The zero-order chi connectivity index (χ0) is 12.6. The number of aromatic carboxylic acids is 1. The van der Waals surface area contributed by atoms with Crippen LogP contribution >= 0.6 is 15.9 Å². The molecule has 2 rings (SSSR count). The third kappa shape index (κ3) is 2.21. The quantitative estimate of drug-likeness (QED) is 0.924. The summed E-state index contributed by atoms with van der Waals surface area (Å²) in [6.07, 6.45) is 0. The molecule has 0 radical (unpaired) electrons. The molecule has 6 heteroatoms. The molecule has 0 atom stereocenters. The van der Waals surface area contributed by atoms with Crippen molar-refractivity contribution < 1.29 is 18.7 Å². The van der Waals surface area contributed by atoms with Gasteiger partial charge in [-0.25, -0.2) is 14.2 Å². The number of aryl methyl sites for hydroxylation is 1. The van der Waals surface area contributed by atoms with E-state index in [0.717, 1.165) is 0 Å². The van der Waals surface area contributed by atoms with Crippen LogP contribution in [0.3, 0.4) is 0 Å². The number of carbonyl (C=O) groups is 1. The SMILES string of the molecule is Cc1nc(-c2ccc(Br)c(F)c2)oc1C(=O)O. The number of benzene rings is 1. The standard InChI is InChI=1S/C11H7BrFNO3/c1-5-9(11(15)16)17-10(14-5)6-2-3-7(12)8(13)4-6/h2-4H,1H3,(H,15,16). The normalized spacial score (nSPS) is 10.5. The molecule has 1 N–H and O–H groups in total. The van der Waals surface area contributed by atoms with Gasteiger partial charge in [-0.15, -0.1) is 0 Å². The van der Waals surface area contributed by atoms with E-state index in [1.807, 2.05) is 0 Å². The van der Waals surface area contributed by atoms with Crippen LogP contribution in [0.4, 0.5) is 4.39 Å². The van der Waals surface area contributed by atoms with Gasteiger partial charge >= 0.3 is 5.97 Å². The van der Waals surface area contributed by atoms with Crippen LogP contribution in [0.5, 0.6) is 0 Å². The van der Waals surface area contributed by atoms with Gasteiger partial charge in [-0.2, -0.15) is 0 Å². The van der Waals surface area contributed by atoms with Crippen LogP contribution in [-0.2, 0) is 0 Å². The maximum absolute atomic E-state index is 13.3. The smallest absolute Gasteiger partial charge is 0.373 e. The van der Waals surface area contributed by atoms with Crippen molar-refractivity contribution in [3.8, 4) is 11.5 Å². The molecule has 1 heterocycles. The van der Waals surface area contributed by atoms with E-state index >= 15 is 0 Å². The molecule has 0 bridgehead atoms. The fourth-order valence-electron chi connectivity index (χ4n) is 1.35. The molecule has 0 aliphatic carbocycles.